The van der Waals surface area contributed by atoms with E-state index in [1.807, 2.05) is 12.1 Å². The molecule has 0 spiro atoms. The highest BCUT2D eigenvalue weighted by atomic mass is 35.5. The lowest BCUT2D eigenvalue weighted by molar-refractivity contribution is 0.121. The fourth-order valence-electron chi connectivity index (χ4n) is 3.76. The number of nitrogens with zero attached hydrogens (tertiary/aromatic N) is 4. The first-order valence-electron chi connectivity index (χ1n) is 9.71. The van der Waals surface area contributed by atoms with Gasteiger partial charge in [-0.15, -0.1) is 29.9 Å². The van der Waals surface area contributed by atoms with Crippen LogP contribution in [0.1, 0.15) is 39.2 Å². The monoisotopic (exact) mass is 462 g/mol. The number of aromatic amines is 1. The van der Waals surface area contributed by atoms with Gasteiger partial charge in [-0.2, -0.15) is 4.98 Å². The van der Waals surface area contributed by atoms with Crippen LogP contribution < -0.4 is 10.6 Å². The van der Waals surface area contributed by atoms with E-state index in [2.05, 4.69) is 57.9 Å². The highest BCUT2D eigenvalue weighted by Gasteiger charge is 2.28. The van der Waals surface area contributed by atoms with Gasteiger partial charge in [0.1, 0.15) is 0 Å². The van der Waals surface area contributed by atoms with Gasteiger partial charge in [0, 0.05) is 37.2 Å². The molecule has 0 aliphatic carbocycles. The summed E-state index contributed by atoms with van der Waals surface area (Å²) in [6.45, 7) is 11.0. The van der Waals surface area contributed by atoms with Crippen LogP contribution in [0.15, 0.2) is 24.3 Å². The number of rotatable bonds is 6. The van der Waals surface area contributed by atoms with E-state index in [1.54, 1.807) is 0 Å². The first-order chi connectivity index (χ1) is 12.8. The summed E-state index contributed by atoms with van der Waals surface area (Å²) in [6.07, 6.45) is 3.28. The second kappa shape index (κ2) is 11.3. The molecule has 6 nitrogen and oxygen atoms in total. The molecule has 0 saturated carbocycles. The fraction of sp³-hybridized carbons (Fsp3) is 0.600. The standard InChI is InChI=1S/C20H31ClN6.2ClH/c1-20(2,3)14-27(11-8-15-4-6-16(21)7-5-15)17-9-12-26(13-10-17)19-23-18(22)24-25-19;;/h4-7,17H,8-14H2,1-3H3,(H3,22,23,24,25);2*1H. The molecule has 1 aliphatic rings. The van der Waals surface area contributed by atoms with Crippen LogP contribution in [-0.2, 0) is 6.42 Å². The van der Waals surface area contributed by atoms with Crippen molar-refractivity contribution in [1.82, 2.24) is 20.1 Å². The Balaban J connectivity index is 0.00000210. The molecule has 0 bridgehead atoms. The quantitative estimate of drug-likeness (QED) is 0.662. The molecule has 3 rings (SSSR count). The molecule has 9 heteroatoms. The summed E-state index contributed by atoms with van der Waals surface area (Å²) >= 11 is 6.01. The van der Waals surface area contributed by atoms with Crippen molar-refractivity contribution >= 4 is 48.3 Å². The third-order valence-electron chi connectivity index (χ3n) is 5.03. The molecule has 0 amide bonds. The molecule has 0 unspecified atom stereocenters. The van der Waals surface area contributed by atoms with E-state index in [9.17, 15) is 0 Å². The normalized spacial score (nSPS) is 15.1. The molecule has 1 fully saturated rings. The zero-order valence-electron chi connectivity index (χ0n) is 17.4. The lowest BCUT2D eigenvalue weighted by Gasteiger charge is -2.41. The van der Waals surface area contributed by atoms with Crippen molar-refractivity contribution in [3.05, 3.63) is 34.9 Å². The van der Waals surface area contributed by atoms with Gasteiger partial charge in [-0.3, -0.25) is 4.90 Å². The van der Waals surface area contributed by atoms with Crippen molar-refractivity contribution in [3.8, 4) is 0 Å². The van der Waals surface area contributed by atoms with E-state index >= 15 is 0 Å². The topological polar surface area (TPSA) is 74.1 Å². The third kappa shape index (κ3) is 7.85. The highest BCUT2D eigenvalue weighted by Crippen LogP contribution is 2.24. The summed E-state index contributed by atoms with van der Waals surface area (Å²) in [5, 5.41) is 7.72. The minimum absolute atomic E-state index is 0. The maximum Gasteiger partial charge on any atom is 0.246 e. The number of hydrogen-bond donors (Lipinski definition) is 2. The van der Waals surface area contributed by atoms with Gasteiger partial charge in [0.25, 0.3) is 0 Å². The third-order valence-corrected chi connectivity index (χ3v) is 5.28. The first-order valence-corrected chi connectivity index (χ1v) is 10.1. The SMILES string of the molecule is CC(C)(C)CN(CCc1ccc(Cl)cc1)C1CCN(c2n[nH]c(N)n2)CC1.Cl.Cl. The van der Waals surface area contributed by atoms with Gasteiger partial charge >= 0.3 is 0 Å². The Morgan fingerprint density at radius 1 is 1.17 bits per heavy atom. The lowest BCUT2D eigenvalue weighted by atomic mass is 9.93. The van der Waals surface area contributed by atoms with Gasteiger partial charge in [0.15, 0.2) is 0 Å². The van der Waals surface area contributed by atoms with Gasteiger partial charge in [0.05, 0.1) is 0 Å². The van der Waals surface area contributed by atoms with Gasteiger partial charge in [-0.05, 0) is 42.4 Å². The van der Waals surface area contributed by atoms with Crippen LogP contribution >= 0.6 is 36.4 Å². The van der Waals surface area contributed by atoms with Crippen molar-refractivity contribution < 1.29 is 0 Å². The first kappa shape index (κ1) is 25.8. The number of nitrogen functional groups attached to an aromatic ring is 1. The Morgan fingerprint density at radius 3 is 2.31 bits per heavy atom. The summed E-state index contributed by atoms with van der Waals surface area (Å²) in [7, 11) is 0. The van der Waals surface area contributed by atoms with E-state index in [4.69, 9.17) is 17.3 Å². The Bertz CT molecular complexity index is 721. The smallest absolute Gasteiger partial charge is 0.246 e. The van der Waals surface area contributed by atoms with Crippen LogP contribution in [0.2, 0.25) is 5.02 Å². The molecule has 29 heavy (non-hydrogen) atoms. The summed E-state index contributed by atoms with van der Waals surface area (Å²) < 4.78 is 0. The summed E-state index contributed by atoms with van der Waals surface area (Å²) in [5.74, 6) is 1.10. The predicted molar refractivity (Wildman–Crippen MR) is 127 cm³/mol. The lowest BCUT2D eigenvalue weighted by Crippen LogP contribution is -2.48. The van der Waals surface area contributed by atoms with Crippen LogP contribution in [0.4, 0.5) is 11.9 Å². The van der Waals surface area contributed by atoms with Gasteiger partial charge in [-0.25, -0.2) is 5.10 Å². The molecule has 3 N–H and O–H groups in total. The number of benzene rings is 1. The van der Waals surface area contributed by atoms with E-state index < -0.39 is 0 Å². The van der Waals surface area contributed by atoms with Crippen molar-refractivity contribution in [1.29, 1.82) is 0 Å². The van der Waals surface area contributed by atoms with Gasteiger partial charge < -0.3 is 10.6 Å². The van der Waals surface area contributed by atoms with Gasteiger partial charge in [0.2, 0.25) is 11.9 Å². The number of piperidine rings is 1. The number of hydrogen-bond acceptors (Lipinski definition) is 5. The van der Waals surface area contributed by atoms with Crippen LogP contribution in [0.5, 0.6) is 0 Å². The zero-order valence-corrected chi connectivity index (χ0v) is 19.8. The van der Waals surface area contributed by atoms with E-state index in [0.29, 0.717) is 12.0 Å². The van der Waals surface area contributed by atoms with Crippen molar-refractivity contribution in [2.45, 2.75) is 46.1 Å². The van der Waals surface area contributed by atoms with E-state index in [0.717, 1.165) is 56.4 Å². The van der Waals surface area contributed by atoms with Crippen LogP contribution in [0, 0.1) is 5.41 Å². The van der Waals surface area contributed by atoms with Crippen molar-refractivity contribution in [2.24, 2.45) is 5.41 Å². The Kier molecular flexibility index (Phi) is 10.0. The van der Waals surface area contributed by atoms with Crippen LogP contribution in [0.25, 0.3) is 0 Å². The fourth-order valence-corrected chi connectivity index (χ4v) is 3.89. The molecule has 2 heterocycles. The number of H-pyrrole nitrogens is 1. The predicted octanol–water partition coefficient (Wildman–Crippen LogP) is 4.44. The van der Waals surface area contributed by atoms with Crippen LogP contribution in [0.3, 0.4) is 0 Å². The maximum absolute atomic E-state index is 6.01. The van der Waals surface area contributed by atoms with Gasteiger partial charge in [-0.1, -0.05) is 44.5 Å². The average Bonchev–Trinajstić information content (AvgIpc) is 3.06. The average molecular weight is 464 g/mol. The maximum atomic E-state index is 6.01. The Hall–Kier alpha value is -1.21. The zero-order chi connectivity index (χ0) is 19.4. The number of nitrogens with one attached hydrogen (secondary N) is 1. The van der Waals surface area contributed by atoms with Crippen LogP contribution in [-0.4, -0.2) is 52.3 Å². The minimum Gasteiger partial charge on any atom is -0.368 e. The van der Waals surface area contributed by atoms with Crippen molar-refractivity contribution in [2.75, 3.05) is 36.8 Å². The molecule has 1 aliphatic heterocycles. The van der Waals surface area contributed by atoms with E-state index in [-0.39, 0.29) is 30.2 Å². The molecule has 1 aromatic heterocycles. The molecular weight excluding hydrogens is 431 g/mol. The largest absolute Gasteiger partial charge is 0.368 e. The number of nitrogens with two attached hydrogens (primary N) is 1. The summed E-state index contributed by atoms with van der Waals surface area (Å²) in [6, 6.07) is 8.81. The molecule has 0 atom stereocenters. The number of aromatic nitrogens is 3. The summed E-state index contributed by atoms with van der Waals surface area (Å²) in [5.41, 5.74) is 7.27. The molecule has 2 aromatic rings. The summed E-state index contributed by atoms with van der Waals surface area (Å²) in [4.78, 5) is 9.14. The molecular formula is C20H33Cl3N6. The number of halogens is 3. The molecule has 164 valence electrons. The second-order valence-corrected chi connectivity index (χ2v) is 9.08. The molecule has 1 aromatic carbocycles. The second-order valence-electron chi connectivity index (χ2n) is 8.65. The highest BCUT2D eigenvalue weighted by molar-refractivity contribution is 6.30. The minimum atomic E-state index is 0. The van der Waals surface area contributed by atoms with E-state index in [1.165, 1.54) is 5.56 Å². The van der Waals surface area contributed by atoms with Crippen molar-refractivity contribution in [3.63, 3.8) is 0 Å². The molecule has 1 saturated heterocycles. The Morgan fingerprint density at radius 2 is 1.79 bits per heavy atom. The molecule has 0 radical (unpaired) electrons. The number of anilines is 2. The Labute approximate surface area is 191 Å².